The molecule has 2 unspecified atom stereocenters. The molecule has 2 N–H and O–H groups in total. The number of carboxylic acids is 2. The maximum atomic E-state index is 11.5. The maximum absolute atomic E-state index is 11.5. The number of aliphatic carboxylic acids is 2. The van der Waals surface area contributed by atoms with Gasteiger partial charge in [0.2, 0.25) is 0 Å². The zero-order chi connectivity index (χ0) is 14.9. The van der Waals surface area contributed by atoms with E-state index < -0.39 is 23.3 Å². The van der Waals surface area contributed by atoms with Gasteiger partial charge in [-0.3, -0.25) is 4.79 Å². The Morgan fingerprint density at radius 2 is 1.80 bits per heavy atom. The molecule has 0 bridgehead atoms. The minimum absolute atomic E-state index is 0.0784. The van der Waals surface area contributed by atoms with Gasteiger partial charge in [-0.2, -0.15) is 0 Å². The zero-order valence-corrected chi connectivity index (χ0v) is 12.3. The van der Waals surface area contributed by atoms with E-state index >= 15 is 0 Å². The van der Waals surface area contributed by atoms with Crippen LogP contribution in [-0.2, 0) is 15.0 Å². The molecule has 0 aliphatic heterocycles. The molecule has 20 heavy (non-hydrogen) atoms. The standard InChI is InChI=1S/C15H13BrO4/c1-15(9-5-7-10(16)8-6-9)11(13(17)18)3-2-4-12(15)14(19)20/h2-8,11H,1H3,(H,17,18)(H,19,20). The summed E-state index contributed by atoms with van der Waals surface area (Å²) >= 11 is 3.31. The first-order valence-electron chi connectivity index (χ1n) is 5.98. The van der Waals surface area contributed by atoms with Gasteiger partial charge in [0.1, 0.15) is 0 Å². The predicted octanol–water partition coefficient (Wildman–Crippen LogP) is 2.99. The Hall–Kier alpha value is -1.88. The lowest BCUT2D eigenvalue weighted by atomic mass is 9.64. The van der Waals surface area contributed by atoms with Gasteiger partial charge >= 0.3 is 11.9 Å². The molecule has 1 aromatic carbocycles. The monoisotopic (exact) mass is 336 g/mol. The Morgan fingerprint density at radius 3 is 2.30 bits per heavy atom. The van der Waals surface area contributed by atoms with E-state index in [1.165, 1.54) is 18.2 Å². The molecular weight excluding hydrogens is 324 g/mol. The molecule has 5 heteroatoms. The molecule has 4 nitrogen and oxygen atoms in total. The Morgan fingerprint density at radius 1 is 1.20 bits per heavy atom. The van der Waals surface area contributed by atoms with E-state index in [9.17, 15) is 19.8 Å². The Kier molecular flexibility index (Phi) is 3.81. The molecule has 0 spiro atoms. The molecule has 104 valence electrons. The molecule has 1 aromatic rings. The average Bonchev–Trinajstić information content (AvgIpc) is 2.38. The number of carboxylic acid groups (broad SMARTS) is 2. The van der Waals surface area contributed by atoms with Crippen LogP contribution >= 0.6 is 15.9 Å². The third kappa shape index (κ3) is 2.29. The zero-order valence-electron chi connectivity index (χ0n) is 10.7. The van der Waals surface area contributed by atoms with Gasteiger partial charge in [0.15, 0.2) is 0 Å². The first kappa shape index (κ1) is 14.5. The van der Waals surface area contributed by atoms with Crippen LogP contribution in [0.5, 0.6) is 0 Å². The first-order valence-corrected chi connectivity index (χ1v) is 6.77. The van der Waals surface area contributed by atoms with E-state index in [1.54, 1.807) is 31.2 Å². The van der Waals surface area contributed by atoms with Crippen LogP contribution < -0.4 is 0 Å². The summed E-state index contributed by atoms with van der Waals surface area (Å²) in [6, 6.07) is 7.04. The quantitative estimate of drug-likeness (QED) is 0.889. The first-order chi connectivity index (χ1) is 9.37. The van der Waals surface area contributed by atoms with Gasteiger partial charge in [-0.05, 0) is 24.6 Å². The van der Waals surface area contributed by atoms with Crippen molar-refractivity contribution < 1.29 is 19.8 Å². The minimum atomic E-state index is -1.11. The Bertz CT molecular complexity index is 615. The third-order valence-corrected chi connectivity index (χ3v) is 4.22. The van der Waals surface area contributed by atoms with Crippen molar-refractivity contribution in [2.75, 3.05) is 0 Å². The number of hydrogen-bond donors (Lipinski definition) is 2. The number of allylic oxidation sites excluding steroid dienone is 2. The molecule has 0 aromatic heterocycles. The molecule has 1 aliphatic carbocycles. The molecule has 0 fully saturated rings. The highest BCUT2D eigenvalue weighted by Gasteiger charge is 2.46. The highest BCUT2D eigenvalue weighted by Crippen LogP contribution is 2.42. The predicted molar refractivity (Wildman–Crippen MR) is 77.5 cm³/mol. The SMILES string of the molecule is CC1(c2ccc(Br)cc2)C(C(=O)O)=CC=CC1C(=O)O. The lowest BCUT2D eigenvalue weighted by Gasteiger charge is -2.36. The van der Waals surface area contributed by atoms with Crippen LogP contribution in [-0.4, -0.2) is 22.2 Å². The van der Waals surface area contributed by atoms with Gasteiger partial charge in [-0.25, -0.2) is 4.79 Å². The normalized spacial score (nSPS) is 25.1. The largest absolute Gasteiger partial charge is 0.481 e. The molecule has 0 heterocycles. The lowest BCUT2D eigenvalue weighted by Crippen LogP contribution is -2.41. The van der Waals surface area contributed by atoms with Crippen LogP contribution in [0.15, 0.2) is 52.5 Å². The van der Waals surface area contributed by atoms with E-state index in [2.05, 4.69) is 15.9 Å². The Labute approximate surface area is 124 Å². The lowest BCUT2D eigenvalue weighted by molar-refractivity contribution is -0.142. The van der Waals surface area contributed by atoms with Gasteiger partial charge < -0.3 is 10.2 Å². The second kappa shape index (κ2) is 5.25. The summed E-state index contributed by atoms with van der Waals surface area (Å²) in [5.74, 6) is -3.07. The van der Waals surface area contributed by atoms with Crippen molar-refractivity contribution in [3.63, 3.8) is 0 Å². The molecular formula is C15H13BrO4. The van der Waals surface area contributed by atoms with Crippen molar-refractivity contribution in [1.29, 1.82) is 0 Å². The van der Waals surface area contributed by atoms with E-state index in [4.69, 9.17) is 0 Å². The fraction of sp³-hybridized carbons (Fsp3) is 0.200. The van der Waals surface area contributed by atoms with Crippen LogP contribution in [0.2, 0.25) is 0 Å². The summed E-state index contributed by atoms with van der Waals surface area (Å²) in [5.41, 5.74) is -0.367. The van der Waals surface area contributed by atoms with Crippen molar-refractivity contribution in [2.24, 2.45) is 5.92 Å². The summed E-state index contributed by atoms with van der Waals surface area (Å²) in [6.07, 6.45) is 4.48. The number of rotatable bonds is 3. The highest BCUT2D eigenvalue weighted by atomic mass is 79.9. The number of benzene rings is 1. The average molecular weight is 337 g/mol. The minimum Gasteiger partial charge on any atom is -0.481 e. The van der Waals surface area contributed by atoms with Gasteiger partial charge in [-0.1, -0.05) is 46.3 Å². The smallest absolute Gasteiger partial charge is 0.332 e. The fourth-order valence-corrected chi connectivity index (χ4v) is 2.81. The van der Waals surface area contributed by atoms with Crippen molar-refractivity contribution in [2.45, 2.75) is 12.3 Å². The number of carbonyl (C=O) groups is 2. The molecule has 2 atom stereocenters. The van der Waals surface area contributed by atoms with Gasteiger partial charge in [0.25, 0.3) is 0 Å². The van der Waals surface area contributed by atoms with Crippen molar-refractivity contribution >= 4 is 27.9 Å². The van der Waals surface area contributed by atoms with E-state index in [0.29, 0.717) is 5.56 Å². The molecule has 1 aliphatic rings. The van der Waals surface area contributed by atoms with E-state index in [1.807, 2.05) is 0 Å². The van der Waals surface area contributed by atoms with Crippen LogP contribution in [0.25, 0.3) is 0 Å². The summed E-state index contributed by atoms with van der Waals surface area (Å²) in [6.45, 7) is 1.65. The second-order valence-electron chi connectivity index (χ2n) is 4.80. The van der Waals surface area contributed by atoms with Crippen molar-refractivity contribution in [3.05, 3.63) is 58.1 Å². The van der Waals surface area contributed by atoms with Crippen LogP contribution in [0.4, 0.5) is 0 Å². The van der Waals surface area contributed by atoms with Gasteiger partial charge in [-0.15, -0.1) is 0 Å². The van der Waals surface area contributed by atoms with Crippen LogP contribution in [0.3, 0.4) is 0 Å². The third-order valence-electron chi connectivity index (χ3n) is 3.69. The maximum Gasteiger partial charge on any atom is 0.332 e. The summed E-state index contributed by atoms with van der Waals surface area (Å²) in [5, 5.41) is 18.8. The molecule has 0 radical (unpaired) electrons. The summed E-state index contributed by atoms with van der Waals surface area (Å²) in [7, 11) is 0. The molecule has 0 saturated carbocycles. The molecule has 0 saturated heterocycles. The molecule has 2 rings (SSSR count). The second-order valence-corrected chi connectivity index (χ2v) is 5.71. The van der Waals surface area contributed by atoms with Crippen molar-refractivity contribution in [1.82, 2.24) is 0 Å². The fourth-order valence-electron chi connectivity index (χ4n) is 2.55. The van der Waals surface area contributed by atoms with E-state index in [0.717, 1.165) is 4.47 Å². The number of halogens is 1. The van der Waals surface area contributed by atoms with E-state index in [-0.39, 0.29) is 5.57 Å². The Balaban J connectivity index is 2.64. The van der Waals surface area contributed by atoms with Crippen LogP contribution in [0, 0.1) is 5.92 Å². The number of hydrogen-bond acceptors (Lipinski definition) is 2. The topological polar surface area (TPSA) is 74.6 Å². The van der Waals surface area contributed by atoms with Gasteiger partial charge in [0, 0.05) is 15.5 Å². The summed E-state index contributed by atoms with van der Waals surface area (Å²) in [4.78, 5) is 23.0. The van der Waals surface area contributed by atoms with Crippen LogP contribution in [0.1, 0.15) is 12.5 Å². The van der Waals surface area contributed by atoms with Gasteiger partial charge in [0.05, 0.1) is 5.92 Å². The van der Waals surface area contributed by atoms with Crippen molar-refractivity contribution in [3.8, 4) is 0 Å². The molecule has 0 amide bonds. The summed E-state index contributed by atoms with van der Waals surface area (Å²) < 4.78 is 0.851. The highest BCUT2D eigenvalue weighted by molar-refractivity contribution is 9.10.